The predicted octanol–water partition coefficient (Wildman–Crippen LogP) is 5.56. The number of amides is 2. The van der Waals surface area contributed by atoms with E-state index < -0.39 is 6.03 Å². The maximum Gasteiger partial charge on any atom is 0.323 e. The van der Waals surface area contributed by atoms with Crippen molar-refractivity contribution in [2.45, 2.75) is 0 Å². The van der Waals surface area contributed by atoms with Crippen molar-refractivity contribution < 1.29 is 4.79 Å². The first-order valence-corrected chi connectivity index (χ1v) is 9.86. The normalized spacial score (nSPS) is 10.6. The molecule has 3 rings (SSSR count). The lowest BCUT2D eigenvalue weighted by Gasteiger charge is -2.13. The molecule has 1 heterocycles. The second-order valence-electron chi connectivity index (χ2n) is 4.78. The Bertz CT molecular complexity index is 911. The molecule has 0 spiro atoms. The first-order chi connectivity index (χ1) is 11.9. The largest absolute Gasteiger partial charge is 0.323 e. The fourth-order valence-electron chi connectivity index (χ4n) is 2.05. The van der Waals surface area contributed by atoms with Gasteiger partial charge in [0.15, 0.2) is 0 Å². The minimum atomic E-state index is -0.405. The summed E-state index contributed by atoms with van der Waals surface area (Å²) in [6.45, 7) is 0. The van der Waals surface area contributed by atoms with Crippen LogP contribution in [0.1, 0.15) is 0 Å². The lowest BCUT2D eigenvalue weighted by atomic mass is 10.1. The number of aromatic nitrogens is 4. The van der Waals surface area contributed by atoms with Gasteiger partial charge < -0.3 is 10.6 Å². The fourth-order valence-corrected chi connectivity index (χ4v) is 4.67. The number of hydrogen-bond acceptors (Lipinski definition) is 4. The monoisotopic (exact) mass is 592 g/mol. The summed E-state index contributed by atoms with van der Waals surface area (Å²) in [6, 6.07) is 8.67. The highest BCUT2D eigenvalue weighted by atomic mass is 79.9. The van der Waals surface area contributed by atoms with Crippen molar-refractivity contribution in [2.75, 3.05) is 10.6 Å². The van der Waals surface area contributed by atoms with Crippen LogP contribution in [0.25, 0.3) is 11.4 Å². The maximum absolute atomic E-state index is 12.4. The SMILES string of the molecule is O=C(Nc1cc(Br)cc(Br)c1)Nc1c(Br)cc(Br)cc1-c1nn[nH]n1. The molecule has 128 valence electrons. The molecule has 0 saturated carbocycles. The number of H-pyrrole nitrogens is 1. The van der Waals surface area contributed by atoms with E-state index in [4.69, 9.17) is 0 Å². The van der Waals surface area contributed by atoms with Crippen molar-refractivity contribution in [1.82, 2.24) is 20.6 Å². The van der Waals surface area contributed by atoms with Gasteiger partial charge in [0.2, 0.25) is 5.82 Å². The number of halogens is 4. The first kappa shape index (κ1) is 18.5. The molecule has 0 unspecified atom stereocenters. The smallest absolute Gasteiger partial charge is 0.308 e. The van der Waals surface area contributed by atoms with Crippen molar-refractivity contribution >= 4 is 81.1 Å². The van der Waals surface area contributed by atoms with E-state index >= 15 is 0 Å². The van der Waals surface area contributed by atoms with Gasteiger partial charge in [-0.2, -0.15) is 5.21 Å². The minimum Gasteiger partial charge on any atom is -0.308 e. The molecule has 1 aromatic heterocycles. The van der Waals surface area contributed by atoms with Gasteiger partial charge in [0.1, 0.15) is 0 Å². The highest BCUT2D eigenvalue weighted by Crippen LogP contribution is 2.36. The Hall–Kier alpha value is -1.30. The molecule has 11 heteroatoms. The van der Waals surface area contributed by atoms with E-state index in [0.717, 1.165) is 13.4 Å². The van der Waals surface area contributed by atoms with Crippen LogP contribution in [0.15, 0.2) is 48.2 Å². The van der Waals surface area contributed by atoms with E-state index in [0.29, 0.717) is 27.2 Å². The Labute approximate surface area is 175 Å². The summed E-state index contributed by atoms with van der Waals surface area (Å²) in [4.78, 5) is 12.4. The lowest BCUT2D eigenvalue weighted by molar-refractivity contribution is 0.262. The second kappa shape index (κ2) is 7.94. The molecule has 2 amide bonds. The van der Waals surface area contributed by atoms with Crippen LogP contribution >= 0.6 is 63.7 Å². The van der Waals surface area contributed by atoms with Gasteiger partial charge in [0.05, 0.1) is 5.69 Å². The lowest BCUT2D eigenvalue weighted by Crippen LogP contribution is -2.20. The van der Waals surface area contributed by atoms with Crippen LogP contribution in [-0.4, -0.2) is 26.7 Å². The van der Waals surface area contributed by atoms with E-state index in [2.05, 4.69) is 95.0 Å². The fraction of sp³-hybridized carbons (Fsp3) is 0. The number of carbonyl (C=O) groups excluding carboxylic acids is 1. The third kappa shape index (κ3) is 4.66. The van der Waals surface area contributed by atoms with Crippen molar-refractivity contribution in [3.05, 3.63) is 48.2 Å². The molecule has 0 bridgehead atoms. The van der Waals surface area contributed by atoms with Gasteiger partial charge in [-0.05, 0) is 51.5 Å². The summed E-state index contributed by atoms with van der Waals surface area (Å²) in [5.74, 6) is 0.363. The van der Waals surface area contributed by atoms with Crippen LogP contribution in [-0.2, 0) is 0 Å². The average Bonchev–Trinajstić information content (AvgIpc) is 3.02. The molecule has 0 aliphatic carbocycles. The Kier molecular flexibility index (Phi) is 5.87. The molecule has 0 radical (unpaired) electrons. The zero-order chi connectivity index (χ0) is 18.0. The molecule has 3 aromatic rings. The highest BCUT2D eigenvalue weighted by Gasteiger charge is 2.16. The molecule has 3 N–H and O–H groups in total. The van der Waals surface area contributed by atoms with Gasteiger partial charge in [-0.3, -0.25) is 0 Å². The van der Waals surface area contributed by atoms with Gasteiger partial charge in [0, 0.05) is 29.1 Å². The molecule has 0 saturated heterocycles. The van der Waals surface area contributed by atoms with Gasteiger partial charge in [-0.25, -0.2) is 4.79 Å². The van der Waals surface area contributed by atoms with Crippen LogP contribution in [0, 0.1) is 0 Å². The van der Waals surface area contributed by atoms with Gasteiger partial charge in [0.25, 0.3) is 0 Å². The molecule has 25 heavy (non-hydrogen) atoms. The number of anilines is 2. The number of tetrazole rings is 1. The molecule has 2 aromatic carbocycles. The van der Waals surface area contributed by atoms with Crippen molar-refractivity contribution in [3.63, 3.8) is 0 Å². The third-order valence-corrected chi connectivity index (χ3v) is 5.00. The van der Waals surface area contributed by atoms with Crippen LogP contribution in [0.4, 0.5) is 16.2 Å². The van der Waals surface area contributed by atoms with Crippen LogP contribution in [0.5, 0.6) is 0 Å². The topological polar surface area (TPSA) is 95.6 Å². The van der Waals surface area contributed by atoms with Gasteiger partial charge >= 0.3 is 6.03 Å². The van der Waals surface area contributed by atoms with E-state index in [1.54, 1.807) is 18.2 Å². The third-order valence-electron chi connectivity index (χ3n) is 3.00. The summed E-state index contributed by atoms with van der Waals surface area (Å²) in [7, 11) is 0. The van der Waals surface area contributed by atoms with Gasteiger partial charge in [-0.15, -0.1) is 10.2 Å². The summed E-state index contributed by atoms with van der Waals surface area (Å²) in [5, 5.41) is 19.5. The maximum atomic E-state index is 12.4. The molecule has 0 aliphatic rings. The van der Waals surface area contributed by atoms with Crippen LogP contribution < -0.4 is 10.6 Å². The van der Waals surface area contributed by atoms with Crippen LogP contribution in [0.3, 0.4) is 0 Å². The second-order valence-corrected chi connectivity index (χ2v) is 8.38. The van der Waals surface area contributed by atoms with E-state index in [1.165, 1.54) is 0 Å². The van der Waals surface area contributed by atoms with E-state index in [-0.39, 0.29) is 0 Å². The molecule has 7 nitrogen and oxygen atoms in total. The number of carbonyl (C=O) groups is 1. The molecular formula is C14H8Br4N6O. The summed E-state index contributed by atoms with van der Waals surface area (Å²) in [6.07, 6.45) is 0. The number of nitrogens with zero attached hydrogens (tertiary/aromatic N) is 3. The quantitative estimate of drug-likeness (QED) is 0.370. The molecular weight excluding hydrogens is 588 g/mol. The Morgan fingerprint density at radius 1 is 0.920 bits per heavy atom. The molecule has 0 aliphatic heterocycles. The number of hydrogen-bond donors (Lipinski definition) is 3. The van der Waals surface area contributed by atoms with Crippen LogP contribution in [0.2, 0.25) is 0 Å². The number of nitrogens with one attached hydrogen (secondary N) is 3. The molecule has 0 atom stereocenters. The average molecular weight is 596 g/mol. The zero-order valence-corrected chi connectivity index (χ0v) is 18.5. The number of benzene rings is 2. The Morgan fingerprint density at radius 3 is 2.24 bits per heavy atom. The Morgan fingerprint density at radius 2 is 1.60 bits per heavy atom. The van der Waals surface area contributed by atoms with Gasteiger partial charge in [-0.1, -0.05) is 47.8 Å². The zero-order valence-electron chi connectivity index (χ0n) is 12.1. The van der Waals surface area contributed by atoms with E-state index in [9.17, 15) is 4.79 Å². The first-order valence-electron chi connectivity index (χ1n) is 6.69. The van der Waals surface area contributed by atoms with E-state index in [1.807, 2.05) is 12.1 Å². The van der Waals surface area contributed by atoms with Crippen molar-refractivity contribution in [3.8, 4) is 11.4 Å². The van der Waals surface area contributed by atoms with Crippen molar-refractivity contribution in [2.24, 2.45) is 0 Å². The summed E-state index contributed by atoms with van der Waals surface area (Å²) >= 11 is 13.6. The molecule has 0 fully saturated rings. The summed E-state index contributed by atoms with van der Waals surface area (Å²) < 4.78 is 3.16. The highest BCUT2D eigenvalue weighted by molar-refractivity contribution is 9.11. The number of rotatable bonds is 3. The minimum absolute atomic E-state index is 0.363. The number of aromatic amines is 1. The summed E-state index contributed by atoms with van der Waals surface area (Å²) in [5.41, 5.74) is 1.77. The number of urea groups is 1. The Balaban J connectivity index is 1.88. The van der Waals surface area contributed by atoms with Crippen molar-refractivity contribution in [1.29, 1.82) is 0 Å². The predicted molar refractivity (Wildman–Crippen MR) is 109 cm³/mol. The standard InChI is InChI=1S/C14H8Br4N6O/c15-6-1-7(16)3-9(2-6)19-14(25)20-12-10(13-21-23-24-22-13)4-8(17)5-11(12)18/h1-5H,(H2,19,20,25)(H,21,22,23,24).